The second kappa shape index (κ2) is 4.24. The average molecular weight is 305 g/mol. The highest BCUT2D eigenvalue weighted by molar-refractivity contribution is 7.10. The van der Waals surface area contributed by atoms with Crippen molar-refractivity contribution in [3.63, 3.8) is 0 Å². The number of amides is 2. The summed E-state index contributed by atoms with van der Waals surface area (Å²) < 4.78 is 0. The fourth-order valence-electron chi connectivity index (χ4n) is 3.09. The zero-order valence-corrected chi connectivity index (χ0v) is 12.2. The maximum atomic E-state index is 12.1. The summed E-state index contributed by atoms with van der Waals surface area (Å²) in [5.74, 6) is 0.449. The third kappa shape index (κ3) is 1.68. The summed E-state index contributed by atoms with van der Waals surface area (Å²) in [4.78, 5) is 13.3. The van der Waals surface area contributed by atoms with E-state index in [1.807, 2.05) is 24.3 Å². The molecule has 2 amide bonds. The summed E-state index contributed by atoms with van der Waals surface area (Å²) in [6, 6.07) is 9.67. The summed E-state index contributed by atoms with van der Waals surface area (Å²) in [5, 5.41) is 8.81. The maximum absolute atomic E-state index is 12.1. The summed E-state index contributed by atoms with van der Waals surface area (Å²) in [5.41, 5.74) is 1.52. The molecule has 5 heteroatoms. The van der Waals surface area contributed by atoms with Crippen LogP contribution in [0.25, 0.3) is 0 Å². The zero-order chi connectivity index (χ0) is 13.7. The van der Waals surface area contributed by atoms with Crippen LogP contribution in [0.4, 0.5) is 10.5 Å². The van der Waals surface area contributed by atoms with E-state index >= 15 is 0 Å². The van der Waals surface area contributed by atoms with Crippen molar-refractivity contribution in [2.75, 3.05) is 5.32 Å². The monoisotopic (exact) mass is 304 g/mol. The normalized spacial score (nSPS) is 24.8. The first-order valence-corrected chi connectivity index (χ1v) is 7.89. The zero-order valence-electron chi connectivity index (χ0n) is 10.7. The Morgan fingerprint density at radius 1 is 1.30 bits per heavy atom. The molecule has 1 saturated carbocycles. The number of benzene rings is 1. The van der Waals surface area contributed by atoms with Gasteiger partial charge in [0.25, 0.3) is 0 Å². The topological polar surface area (TPSA) is 41.1 Å². The van der Waals surface area contributed by atoms with Crippen molar-refractivity contribution in [1.82, 2.24) is 5.32 Å². The number of carbonyl (C=O) groups is 1. The van der Waals surface area contributed by atoms with Gasteiger partial charge in [-0.05, 0) is 48.4 Å². The number of carbonyl (C=O) groups excluding carboxylic acids is 1. The number of hydrogen-bond donors (Lipinski definition) is 2. The Bertz CT molecular complexity index is 681. The van der Waals surface area contributed by atoms with Crippen molar-refractivity contribution in [2.24, 2.45) is 5.92 Å². The number of nitrogens with one attached hydrogen (secondary N) is 2. The Hall–Kier alpha value is -1.52. The predicted octanol–water partition coefficient (Wildman–Crippen LogP) is 4.19. The molecule has 0 spiro atoms. The number of anilines is 1. The molecular weight excluding hydrogens is 292 g/mol. The van der Waals surface area contributed by atoms with Gasteiger partial charge in [0, 0.05) is 21.2 Å². The van der Waals surface area contributed by atoms with Crippen LogP contribution in [-0.2, 0) is 5.54 Å². The number of hydrogen-bond acceptors (Lipinski definition) is 2. The Labute approximate surface area is 126 Å². The molecule has 4 rings (SSSR count). The van der Waals surface area contributed by atoms with Gasteiger partial charge in [-0.3, -0.25) is 0 Å². The molecule has 2 N–H and O–H groups in total. The largest absolute Gasteiger partial charge is 0.323 e. The molecule has 1 aliphatic heterocycles. The summed E-state index contributed by atoms with van der Waals surface area (Å²) in [6.07, 6.45) is 2.26. The van der Waals surface area contributed by atoms with E-state index in [4.69, 9.17) is 11.6 Å². The number of urea groups is 1. The molecule has 0 saturated heterocycles. The van der Waals surface area contributed by atoms with Crippen molar-refractivity contribution in [1.29, 1.82) is 0 Å². The summed E-state index contributed by atoms with van der Waals surface area (Å²) in [7, 11) is 0. The van der Waals surface area contributed by atoms with Crippen LogP contribution in [0.5, 0.6) is 0 Å². The molecule has 1 aromatic carbocycles. The van der Waals surface area contributed by atoms with Gasteiger partial charge in [0.15, 0.2) is 0 Å². The minimum atomic E-state index is -0.420. The van der Waals surface area contributed by atoms with Crippen LogP contribution in [0.2, 0.25) is 5.02 Å². The van der Waals surface area contributed by atoms with Crippen molar-refractivity contribution >= 4 is 34.7 Å². The van der Waals surface area contributed by atoms with Gasteiger partial charge >= 0.3 is 6.03 Å². The molecule has 3 nitrogen and oxygen atoms in total. The van der Waals surface area contributed by atoms with Crippen LogP contribution in [0.15, 0.2) is 35.7 Å². The molecule has 2 aliphatic rings. The average Bonchev–Trinajstić information content (AvgIpc) is 3.13. The second-order valence-corrected chi connectivity index (χ2v) is 6.71. The van der Waals surface area contributed by atoms with Gasteiger partial charge in [-0.25, -0.2) is 4.79 Å². The Morgan fingerprint density at radius 3 is 2.85 bits per heavy atom. The molecule has 0 bridgehead atoms. The first-order chi connectivity index (χ1) is 9.70. The van der Waals surface area contributed by atoms with E-state index in [1.54, 1.807) is 11.3 Å². The van der Waals surface area contributed by atoms with E-state index in [1.165, 1.54) is 4.88 Å². The number of rotatable bonds is 2. The standard InChI is InChI=1S/C15H13ClN2OS/c16-10-5-6-12-11(8-10)15(9-3-4-9,18-14(19)17-12)13-2-1-7-20-13/h1-2,5-9H,3-4H2,(H2,17,18,19). The maximum Gasteiger partial charge on any atom is 0.320 e. The van der Waals surface area contributed by atoms with Gasteiger partial charge in [0.2, 0.25) is 0 Å². The van der Waals surface area contributed by atoms with E-state index in [-0.39, 0.29) is 6.03 Å². The summed E-state index contributed by atoms with van der Waals surface area (Å²) in [6.45, 7) is 0. The fraction of sp³-hybridized carbons (Fsp3) is 0.267. The van der Waals surface area contributed by atoms with Crippen LogP contribution >= 0.6 is 22.9 Å². The third-order valence-electron chi connectivity index (χ3n) is 4.06. The second-order valence-electron chi connectivity index (χ2n) is 5.33. The van der Waals surface area contributed by atoms with Gasteiger partial charge in [-0.2, -0.15) is 0 Å². The quantitative estimate of drug-likeness (QED) is 0.858. The highest BCUT2D eigenvalue weighted by Gasteiger charge is 2.52. The molecule has 0 radical (unpaired) electrons. The van der Waals surface area contributed by atoms with E-state index in [2.05, 4.69) is 22.1 Å². The molecule has 20 heavy (non-hydrogen) atoms. The van der Waals surface area contributed by atoms with Gasteiger partial charge in [0.05, 0.1) is 0 Å². The van der Waals surface area contributed by atoms with Crippen LogP contribution in [0.3, 0.4) is 0 Å². The highest BCUT2D eigenvalue weighted by atomic mass is 35.5. The molecule has 1 unspecified atom stereocenters. The highest BCUT2D eigenvalue weighted by Crippen LogP contribution is 2.54. The van der Waals surface area contributed by atoms with E-state index in [0.717, 1.165) is 24.1 Å². The molecule has 1 fully saturated rings. The van der Waals surface area contributed by atoms with E-state index in [0.29, 0.717) is 10.9 Å². The third-order valence-corrected chi connectivity index (χ3v) is 5.31. The number of fused-ring (bicyclic) bond motifs is 1. The number of thiophene rings is 1. The fourth-order valence-corrected chi connectivity index (χ4v) is 4.24. The first kappa shape index (κ1) is 12.2. The molecule has 102 valence electrons. The lowest BCUT2D eigenvalue weighted by molar-refractivity contribution is 0.236. The van der Waals surface area contributed by atoms with Crippen molar-refractivity contribution in [3.8, 4) is 0 Å². The number of halogens is 1. The van der Waals surface area contributed by atoms with Crippen LogP contribution in [-0.4, -0.2) is 6.03 Å². The molecular formula is C15H13ClN2OS. The molecule has 1 aromatic heterocycles. The van der Waals surface area contributed by atoms with Crippen LogP contribution < -0.4 is 10.6 Å². The van der Waals surface area contributed by atoms with Crippen molar-refractivity contribution in [2.45, 2.75) is 18.4 Å². The molecule has 1 atom stereocenters. The Morgan fingerprint density at radius 2 is 2.15 bits per heavy atom. The smallest absolute Gasteiger partial charge is 0.320 e. The molecule has 1 aliphatic carbocycles. The summed E-state index contributed by atoms with van der Waals surface area (Å²) >= 11 is 7.87. The lowest BCUT2D eigenvalue weighted by atomic mass is 9.81. The minimum absolute atomic E-state index is 0.139. The van der Waals surface area contributed by atoms with Gasteiger partial charge < -0.3 is 10.6 Å². The van der Waals surface area contributed by atoms with Crippen LogP contribution in [0.1, 0.15) is 23.3 Å². The molecule has 2 heterocycles. The van der Waals surface area contributed by atoms with Gasteiger partial charge in [0.1, 0.15) is 5.54 Å². The van der Waals surface area contributed by atoms with E-state index < -0.39 is 5.54 Å². The van der Waals surface area contributed by atoms with Gasteiger partial charge in [-0.15, -0.1) is 11.3 Å². The predicted molar refractivity (Wildman–Crippen MR) is 81.4 cm³/mol. The SMILES string of the molecule is O=C1Nc2ccc(Cl)cc2C(c2cccs2)(C2CC2)N1. The first-order valence-electron chi connectivity index (χ1n) is 6.63. The lowest BCUT2D eigenvalue weighted by Crippen LogP contribution is -2.53. The minimum Gasteiger partial charge on any atom is -0.323 e. The van der Waals surface area contributed by atoms with Crippen LogP contribution in [0, 0.1) is 5.92 Å². The molecule has 2 aromatic rings. The lowest BCUT2D eigenvalue weighted by Gasteiger charge is -2.40. The Kier molecular flexibility index (Phi) is 2.59. The van der Waals surface area contributed by atoms with Crippen molar-refractivity contribution < 1.29 is 4.79 Å². The van der Waals surface area contributed by atoms with Crippen molar-refractivity contribution in [3.05, 3.63) is 51.2 Å². The Balaban J connectivity index is 2.00. The van der Waals surface area contributed by atoms with Gasteiger partial charge in [-0.1, -0.05) is 17.7 Å². The van der Waals surface area contributed by atoms with E-state index in [9.17, 15) is 4.79 Å².